The van der Waals surface area contributed by atoms with Crippen LogP contribution < -0.4 is 25.0 Å². The van der Waals surface area contributed by atoms with Crippen LogP contribution in [0, 0.1) is 12.8 Å². The van der Waals surface area contributed by atoms with Crippen LogP contribution in [0.25, 0.3) is 0 Å². The fourth-order valence-electron chi connectivity index (χ4n) is 5.63. The number of fused-ring (bicyclic) bond motifs is 2. The third kappa shape index (κ3) is 5.70. The average molecular weight is 681 g/mol. The number of rotatable bonds is 8. The lowest BCUT2D eigenvalue weighted by Crippen LogP contribution is -2.33. The molecule has 0 bridgehead atoms. The van der Waals surface area contributed by atoms with E-state index in [1.807, 2.05) is 19.1 Å². The topological polar surface area (TPSA) is 178 Å². The number of ether oxygens (including phenoxy) is 1. The zero-order valence-corrected chi connectivity index (χ0v) is 26.9. The van der Waals surface area contributed by atoms with Gasteiger partial charge in [-0.15, -0.1) is 0 Å². The molecule has 1 aromatic heterocycles. The SMILES string of the molecule is CCOc1cc([C@@H]2c3sc(=O)n(CC(=O)Nc4ccc(S(N)(=O)=O)cc4)c3S[C@@H]3C(=O)N(c4ccc(C)cc4)C(=O)[C@H]23)ccc1O. The molecule has 6 rings (SSSR count). The van der Waals surface area contributed by atoms with Crippen molar-refractivity contribution in [3.63, 3.8) is 0 Å². The molecule has 3 amide bonds. The molecule has 2 aliphatic rings. The molecule has 0 saturated carbocycles. The van der Waals surface area contributed by atoms with Gasteiger partial charge >= 0.3 is 4.87 Å². The summed E-state index contributed by atoms with van der Waals surface area (Å²) in [5, 5.41) is 17.7. The summed E-state index contributed by atoms with van der Waals surface area (Å²) in [5.74, 6) is -2.94. The number of nitrogens with one attached hydrogen (secondary N) is 1. The lowest BCUT2D eigenvalue weighted by atomic mass is 9.83. The Hall–Kier alpha value is -4.44. The lowest BCUT2D eigenvalue weighted by Gasteiger charge is -2.31. The molecular weight excluding hydrogens is 653 g/mol. The van der Waals surface area contributed by atoms with Gasteiger partial charge in [-0.1, -0.05) is 46.9 Å². The Morgan fingerprint density at radius 3 is 2.37 bits per heavy atom. The molecular formula is C31H28N4O8S3. The molecule has 12 nitrogen and oxygen atoms in total. The van der Waals surface area contributed by atoms with Crippen molar-refractivity contribution < 1.29 is 32.6 Å². The predicted octanol–water partition coefficient (Wildman–Crippen LogP) is 3.40. The first-order valence-electron chi connectivity index (χ1n) is 14.1. The third-order valence-corrected chi connectivity index (χ3v) is 11.3. The molecule has 3 heterocycles. The molecule has 2 aliphatic heterocycles. The minimum atomic E-state index is -3.92. The number of carbonyl (C=O) groups excluding carboxylic acids is 3. The average Bonchev–Trinajstić information content (AvgIpc) is 3.45. The Morgan fingerprint density at radius 2 is 1.72 bits per heavy atom. The number of sulfonamides is 1. The van der Waals surface area contributed by atoms with E-state index < -0.39 is 56.2 Å². The number of hydrogen-bond acceptors (Lipinski definition) is 10. The largest absolute Gasteiger partial charge is 0.504 e. The van der Waals surface area contributed by atoms with Gasteiger partial charge in [0.05, 0.1) is 28.1 Å². The van der Waals surface area contributed by atoms with Crippen LogP contribution in [0.15, 0.2) is 81.4 Å². The van der Waals surface area contributed by atoms with Crippen LogP contribution in [-0.4, -0.2) is 47.7 Å². The number of aryl methyl sites for hydroxylation is 1. The summed E-state index contributed by atoms with van der Waals surface area (Å²) in [6, 6.07) is 17.0. The van der Waals surface area contributed by atoms with Crippen molar-refractivity contribution in [2.75, 3.05) is 16.8 Å². The highest BCUT2D eigenvalue weighted by Crippen LogP contribution is 2.54. The number of imide groups is 1. The van der Waals surface area contributed by atoms with Crippen LogP contribution in [0.2, 0.25) is 0 Å². The fourth-order valence-corrected chi connectivity index (χ4v) is 8.92. The maximum absolute atomic E-state index is 14.1. The van der Waals surface area contributed by atoms with Gasteiger partial charge in [0.2, 0.25) is 27.7 Å². The number of anilines is 2. The van der Waals surface area contributed by atoms with E-state index >= 15 is 0 Å². The van der Waals surface area contributed by atoms with Crippen molar-refractivity contribution in [2.24, 2.45) is 11.1 Å². The Kier molecular flexibility index (Phi) is 8.27. The van der Waals surface area contributed by atoms with Crippen LogP contribution >= 0.6 is 23.1 Å². The number of carbonyl (C=O) groups is 3. The van der Waals surface area contributed by atoms with Crippen molar-refractivity contribution in [3.05, 3.63) is 92.4 Å². The third-order valence-electron chi connectivity index (χ3n) is 7.75. The molecule has 238 valence electrons. The molecule has 4 aromatic rings. The van der Waals surface area contributed by atoms with Crippen LogP contribution in [0.1, 0.15) is 28.8 Å². The first kappa shape index (κ1) is 31.5. The number of nitrogens with two attached hydrogens (primary N) is 1. The van der Waals surface area contributed by atoms with Crippen molar-refractivity contribution in [1.29, 1.82) is 0 Å². The molecule has 1 saturated heterocycles. The van der Waals surface area contributed by atoms with E-state index in [1.165, 1.54) is 39.8 Å². The zero-order valence-electron chi connectivity index (χ0n) is 24.5. The second-order valence-electron chi connectivity index (χ2n) is 10.8. The Morgan fingerprint density at radius 1 is 1.02 bits per heavy atom. The molecule has 0 unspecified atom stereocenters. The van der Waals surface area contributed by atoms with Gasteiger partial charge in [-0.25, -0.2) is 18.5 Å². The monoisotopic (exact) mass is 680 g/mol. The Labute approximate surface area is 271 Å². The van der Waals surface area contributed by atoms with Crippen LogP contribution in [0.3, 0.4) is 0 Å². The van der Waals surface area contributed by atoms with Gasteiger partial charge in [0.1, 0.15) is 11.8 Å². The standard InChI is InChI=1S/C31H28N4O8S3/c1-3-43-22-14-17(6-13-21(22)36)24-25-26(29(39)35(28(25)38)19-9-4-16(2)5-10-19)44-30-27(24)45-31(40)34(30)15-23(37)33-18-7-11-20(12-8-18)46(32,41)42/h4-14,24-26,36H,3,15H2,1-2H3,(H,33,37)(H2,32,41,42)/t24-,25+,26-/m0/s1. The van der Waals surface area contributed by atoms with Gasteiger partial charge in [-0.2, -0.15) is 0 Å². The predicted molar refractivity (Wildman–Crippen MR) is 173 cm³/mol. The number of hydrogen-bond donors (Lipinski definition) is 3. The number of amides is 3. The number of phenolic OH excluding ortho intramolecular Hbond substituents is 1. The van der Waals surface area contributed by atoms with Crippen molar-refractivity contribution >= 4 is 62.2 Å². The summed E-state index contributed by atoms with van der Waals surface area (Å²) in [4.78, 5) is 55.7. The number of aromatic hydroxyl groups is 1. The highest BCUT2D eigenvalue weighted by molar-refractivity contribution is 8.00. The van der Waals surface area contributed by atoms with Crippen LogP contribution in [0.4, 0.5) is 11.4 Å². The number of thioether (sulfide) groups is 1. The summed E-state index contributed by atoms with van der Waals surface area (Å²) in [5.41, 5.74) is 2.25. The molecule has 4 N–H and O–H groups in total. The summed E-state index contributed by atoms with van der Waals surface area (Å²) in [7, 11) is -3.92. The molecule has 15 heteroatoms. The van der Waals surface area contributed by atoms with Gasteiger partial charge in [-0.05, 0) is 67.9 Å². The number of thiazole rings is 1. The van der Waals surface area contributed by atoms with Gasteiger partial charge in [0.15, 0.2) is 11.5 Å². The summed E-state index contributed by atoms with van der Waals surface area (Å²) in [6.45, 7) is 3.54. The van der Waals surface area contributed by atoms with Crippen molar-refractivity contribution in [3.8, 4) is 11.5 Å². The van der Waals surface area contributed by atoms with E-state index in [2.05, 4.69) is 5.32 Å². The molecule has 0 aliphatic carbocycles. The van der Waals surface area contributed by atoms with Crippen LogP contribution in [0.5, 0.6) is 11.5 Å². The first-order chi connectivity index (χ1) is 21.9. The molecule has 3 atom stereocenters. The van der Waals surface area contributed by atoms with Crippen LogP contribution in [-0.2, 0) is 31.0 Å². The molecule has 3 aromatic carbocycles. The van der Waals surface area contributed by atoms with Gasteiger partial charge in [-0.3, -0.25) is 23.7 Å². The summed E-state index contributed by atoms with van der Waals surface area (Å²) >= 11 is 1.97. The van der Waals surface area contributed by atoms with Gasteiger partial charge in [0.25, 0.3) is 0 Å². The minimum Gasteiger partial charge on any atom is -0.504 e. The number of phenols is 1. The lowest BCUT2D eigenvalue weighted by molar-refractivity contribution is -0.122. The maximum Gasteiger partial charge on any atom is 0.308 e. The van der Waals surface area contributed by atoms with E-state index in [0.717, 1.165) is 28.7 Å². The van der Waals surface area contributed by atoms with Gasteiger partial charge in [0, 0.05) is 16.5 Å². The van der Waals surface area contributed by atoms with E-state index in [4.69, 9.17) is 9.88 Å². The van der Waals surface area contributed by atoms with Crippen molar-refractivity contribution in [1.82, 2.24) is 4.57 Å². The minimum absolute atomic E-state index is 0.0952. The highest BCUT2D eigenvalue weighted by Gasteiger charge is 2.57. The van der Waals surface area contributed by atoms with Gasteiger partial charge < -0.3 is 15.2 Å². The molecule has 46 heavy (non-hydrogen) atoms. The number of primary sulfonamides is 1. The second-order valence-corrected chi connectivity index (χ2v) is 14.5. The van der Waals surface area contributed by atoms with E-state index in [-0.39, 0.29) is 28.7 Å². The Balaban J connectivity index is 1.39. The maximum atomic E-state index is 14.1. The number of nitrogens with zero attached hydrogens (tertiary/aromatic N) is 2. The molecule has 0 radical (unpaired) electrons. The normalized spacial score (nSPS) is 19.1. The summed E-state index contributed by atoms with van der Waals surface area (Å²) < 4.78 is 30.0. The second kappa shape index (κ2) is 12.1. The highest BCUT2D eigenvalue weighted by atomic mass is 32.2. The van der Waals surface area contributed by atoms with E-state index in [9.17, 15) is 32.7 Å². The Bertz CT molecular complexity index is 2040. The first-order valence-corrected chi connectivity index (χ1v) is 17.3. The quantitative estimate of drug-likeness (QED) is 0.235. The zero-order chi connectivity index (χ0) is 32.9. The summed E-state index contributed by atoms with van der Waals surface area (Å²) in [6.07, 6.45) is 0. The van der Waals surface area contributed by atoms with E-state index in [0.29, 0.717) is 21.2 Å². The fraction of sp³-hybridized carbons (Fsp3) is 0.226. The van der Waals surface area contributed by atoms with Crippen molar-refractivity contribution in [2.45, 2.75) is 41.5 Å². The molecule has 0 spiro atoms. The molecule has 1 fully saturated rings. The number of benzene rings is 3. The number of aromatic nitrogens is 1. The van der Waals surface area contributed by atoms with E-state index in [1.54, 1.807) is 31.2 Å². The smallest absolute Gasteiger partial charge is 0.308 e.